The molecule has 1 aliphatic carbocycles. The summed E-state index contributed by atoms with van der Waals surface area (Å²) in [7, 11) is 0. The van der Waals surface area contributed by atoms with Crippen LogP contribution < -0.4 is 4.74 Å². The molecule has 3 rings (SSSR count). The van der Waals surface area contributed by atoms with Crippen molar-refractivity contribution in [3.8, 4) is 5.75 Å². The van der Waals surface area contributed by atoms with Crippen LogP contribution in [0.25, 0.3) is 10.8 Å². The van der Waals surface area contributed by atoms with Gasteiger partial charge in [-0.1, -0.05) is 36.4 Å². The van der Waals surface area contributed by atoms with Gasteiger partial charge in [-0.05, 0) is 61.5 Å². The van der Waals surface area contributed by atoms with Crippen LogP contribution in [-0.4, -0.2) is 6.61 Å². The van der Waals surface area contributed by atoms with E-state index in [1.165, 1.54) is 24.5 Å². The molecule has 2 aromatic carbocycles. The first kappa shape index (κ1) is 16.9. The molecule has 0 aliphatic heterocycles. The average Bonchev–Trinajstić information content (AvgIpc) is 2.58. The first-order chi connectivity index (χ1) is 11.6. The van der Waals surface area contributed by atoms with Gasteiger partial charge in [-0.25, -0.2) is 4.39 Å². The van der Waals surface area contributed by atoms with Gasteiger partial charge in [0, 0.05) is 5.39 Å². The second-order valence-electron chi connectivity index (χ2n) is 6.37. The van der Waals surface area contributed by atoms with Crippen LogP contribution in [0, 0.1) is 11.7 Å². The average molecular weight is 334 g/mol. The standard InChI is InChI=1S/C20H21F3O/c1-2-3-13-4-6-14(7-5-13)15-8-10-17-16(12-15)9-11-18(19(17)21)24-20(22)23/h2-3,8-14,20H,4-7H2,1H3/b3-2+. The predicted octanol–water partition coefficient (Wildman–Crippen LogP) is 6.43. The minimum atomic E-state index is -3.02. The van der Waals surface area contributed by atoms with Gasteiger partial charge in [-0.2, -0.15) is 8.78 Å². The van der Waals surface area contributed by atoms with Crippen molar-refractivity contribution < 1.29 is 17.9 Å². The normalized spacial score (nSPS) is 21.7. The molecule has 0 amide bonds. The van der Waals surface area contributed by atoms with Crippen LogP contribution in [0.2, 0.25) is 0 Å². The molecule has 0 N–H and O–H groups in total. The molecule has 0 atom stereocenters. The van der Waals surface area contributed by atoms with Crippen LogP contribution >= 0.6 is 0 Å². The van der Waals surface area contributed by atoms with Crippen molar-refractivity contribution in [2.24, 2.45) is 5.92 Å². The smallest absolute Gasteiger partial charge is 0.387 e. The topological polar surface area (TPSA) is 9.23 Å². The lowest BCUT2D eigenvalue weighted by atomic mass is 9.78. The Morgan fingerprint density at radius 1 is 1.08 bits per heavy atom. The molecule has 0 heterocycles. The molecule has 2 aromatic rings. The van der Waals surface area contributed by atoms with Gasteiger partial charge in [0.1, 0.15) is 0 Å². The maximum Gasteiger partial charge on any atom is 0.387 e. The second-order valence-corrected chi connectivity index (χ2v) is 6.37. The maximum absolute atomic E-state index is 14.3. The Balaban J connectivity index is 1.82. The van der Waals surface area contributed by atoms with E-state index >= 15 is 0 Å². The van der Waals surface area contributed by atoms with E-state index in [2.05, 4.69) is 23.8 Å². The van der Waals surface area contributed by atoms with Crippen LogP contribution in [0.5, 0.6) is 5.75 Å². The first-order valence-electron chi connectivity index (χ1n) is 8.38. The molecule has 4 heteroatoms. The van der Waals surface area contributed by atoms with Gasteiger partial charge in [0.15, 0.2) is 11.6 Å². The second kappa shape index (κ2) is 7.29. The van der Waals surface area contributed by atoms with Gasteiger partial charge < -0.3 is 4.74 Å². The Morgan fingerprint density at radius 2 is 1.83 bits per heavy atom. The largest absolute Gasteiger partial charge is 0.432 e. The van der Waals surface area contributed by atoms with Gasteiger partial charge in [-0.15, -0.1) is 0 Å². The molecule has 1 aliphatic rings. The molecule has 0 saturated heterocycles. The fraction of sp³-hybridized carbons (Fsp3) is 0.400. The van der Waals surface area contributed by atoms with E-state index in [1.54, 1.807) is 12.1 Å². The summed E-state index contributed by atoms with van der Waals surface area (Å²) in [5.41, 5.74) is 1.20. The number of halogens is 3. The number of ether oxygens (including phenoxy) is 1. The fourth-order valence-electron chi connectivity index (χ4n) is 3.65. The van der Waals surface area contributed by atoms with E-state index in [-0.39, 0.29) is 0 Å². The monoisotopic (exact) mass is 334 g/mol. The van der Waals surface area contributed by atoms with Gasteiger partial charge in [0.05, 0.1) is 0 Å². The molecular formula is C20H21F3O. The van der Waals surface area contributed by atoms with Crippen molar-refractivity contribution in [2.45, 2.75) is 45.1 Å². The minimum absolute atomic E-state index is 0.319. The van der Waals surface area contributed by atoms with E-state index in [9.17, 15) is 13.2 Å². The Bertz CT molecular complexity index is 731. The maximum atomic E-state index is 14.3. The summed E-state index contributed by atoms with van der Waals surface area (Å²) in [6, 6.07) is 8.49. The molecule has 0 unspecified atom stereocenters. The van der Waals surface area contributed by atoms with Crippen LogP contribution in [0.4, 0.5) is 13.2 Å². The Kier molecular flexibility index (Phi) is 5.12. The van der Waals surface area contributed by atoms with Crippen molar-refractivity contribution in [3.63, 3.8) is 0 Å². The minimum Gasteiger partial charge on any atom is -0.432 e. The van der Waals surface area contributed by atoms with E-state index < -0.39 is 18.2 Å². The van der Waals surface area contributed by atoms with Crippen LogP contribution in [0.3, 0.4) is 0 Å². The number of alkyl halides is 2. The highest BCUT2D eigenvalue weighted by Gasteiger charge is 2.21. The summed E-state index contributed by atoms with van der Waals surface area (Å²) in [5, 5.41) is 1.04. The zero-order valence-electron chi connectivity index (χ0n) is 13.6. The quantitative estimate of drug-likeness (QED) is 0.585. The zero-order valence-corrected chi connectivity index (χ0v) is 13.6. The highest BCUT2D eigenvalue weighted by Crippen LogP contribution is 2.38. The summed E-state index contributed by atoms with van der Waals surface area (Å²) in [4.78, 5) is 0. The van der Waals surface area contributed by atoms with Crippen molar-refractivity contribution in [1.29, 1.82) is 0 Å². The molecule has 0 aromatic heterocycles. The van der Waals surface area contributed by atoms with Crippen LogP contribution in [0.15, 0.2) is 42.5 Å². The van der Waals surface area contributed by atoms with E-state index in [0.717, 1.165) is 18.2 Å². The lowest BCUT2D eigenvalue weighted by Crippen LogP contribution is -2.11. The van der Waals surface area contributed by atoms with Crippen molar-refractivity contribution in [1.82, 2.24) is 0 Å². The highest BCUT2D eigenvalue weighted by atomic mass is 19.3. The molecule has 1 fully saturated rings. The Labute approximate surface area is 140 Å². The number of rotatable bonds is 4. The van der Waals surface area contributed by atoms with Gasteiger partial charge in [-0.3, -0.25) is 0 Å². The predicted molar refractivity (Wildman–Crippen MR) is 90.1 cm³/mol. The number of benzene rings is 2. The Hall–Kier alpha value is -1.97. The summed E-state index contributed by atoms with van der Waals surface area (Å²) < 4.78 is 43.1. The molecule has 1 nitrogen and oxygen atoms in total. The number of allylic oxidation sites excluding steroid dienone is 2. The zero-order chi connectivity index (χ0) is 17.1. The molecule has 0 bridgehead atoms. The summed E-state index contributed by atoms with van der Waals surface area (Å²) >= 11 is 0. The lowest BCUT2D eigenvalue weighted by molar-refractivity contribution is -0.0520. The molecule has 0 spiro atoms. The van der Waals surface area contributed by atoms with Gasteiger partial charge in [0.2, 0.25) is 0 Å². The third-order valence-corrected chi connectivity index (χ3v) is 4.87. The third kappa shape index (κ3) is 3.58. The van der Waals surface area contributed by atoms with E-state index in [0.29, 0.717) is 17.2 Å². The molecule has 1 saturated carbocycles. The Morgan fingerprint density at radius 3 is 2.50 bits per heavy atom. The van der Waals surface area contributed by atoms with Crippen molar-refractivity contribution in [3.05, 3.63) is 53.9 Å². The SMILES string of the molecule is C/C=C/C1CCC(c2ccc3c(F)c(OC(F)F)ccc3c2)CC1. The molecule has 128 valence electrons. The number of hydrogen-bond acceptors (Lipinski definition) is 1. The highest BCUT2D eigenvalue weighted by molar-refractivity contribution is 5.85. The molecule has 0 radical (unpaired) electrons. The van der Waals surface area contributed by atoms with Crippen molar-refractivity contribution >= 4 is 10.8 Å². The molecular weight excluding hydrogens is 313 g/mol. The van der Waals surface area contributed by atoms with Crippen LogP contribution in [0.1, 0.15) is 44.1 Å². The first-order valence-corrected chi connectivity index (χ1v) is 8.38. The summed E-state index contributed by atoms with van der Waals surface area (Å²) in [6.45, 7) is -0.973. The molecule has 24 heavy (non-hydrogen) atoms. The summed E-state index contributed by atoms with van der Waals surface area (Å²) in [5.74, 6) is 0.0161. The van der Waals surface area contributed by atoms with E-state index in [4.69, 9.17) is 0 Å². The number of hydrogen-bond donors (Lipinski definition) is 0. The van der Waals surface area contributed by atoms with Gasteiger partial charge in [0.25, 0.3) is 0 Å². The lowest BCUT2D eigenvalue weighted by Gasteiger charge is -2.27. The van der Waals surface area contributed by atoms with Gasteiger partial charge >= 0.3 is 6.61 Å². The number of fused-ring (bicyclic) bond motifs is 1. The van der Waals surface area contributed by atoms with Crippen molar-refractivity contribution in [2.75, 3.05) is 0 Å². The van der Waals surface area contributed by atoms with Crippen LogP contribution in [-0.2, 0) is 0 Å². The van der Waals surface area contributed by atoms with E-state index in [1.807, 2.05) is 12.1 Å². The fourth-order valence-corrected chi connectivity index (χ4v) is 3.65. The summed E-state index contributed by atoms with van der Waals surface area (Å²) in [6.07, 6.45) is 8.97. The third-order valence-electron chi connectivity index (χ3n) is 4.87.